The Hall–Kier alpha value is -2.26. The van der Waals surface area contributed by atoms with Crippen LogP contribution in [0.1, 0.15) is 22.8 Å². The number of benzene rings is 2. The Kier molecular flexibility index (Phi) is 6.87. The summed E-state index contributed by atoms with van der Waals surface area (Å²) in [5.74, 6) is -0.371. The zero-order valence-corrected chi connectivity index (χ0v) is 15.4. The fourth-order valence-electron chi connectivity index (χ4n) is 2.35. The average molecular weight is 378 g/mol. The van der Waals surface area contributed by atoms with Gasteiger partial charge in [0.15, 0.2) is 0 Å². The molecule has 0 bridgehead atoms. The van der Waals surface area contributed by atoms with Crippen molar-refractivity contribution < 1.29 is 23.1 Å². The van der Waals surface area contributed by atoms with Gasteiger partial charge in [-0.15, -0.1) is 0 Å². The number of methoxy groups -OCH3 is 1. The molecular formula is C18H22N2O5S. The van der Waals surface area contributed by atoms with E-state index in [0.29, 0.717) is 16.8 Å². The van der Waals surface area contributed by atoms with Crippen LogP contribution >= 0.6 is 0 Å². The third kappa shape index (κ3) is 5.37. The topological polar surface area (TPSA) is 105 Å². The predicted molar refractivity (Wildman–Crippen MR) is 98.4 cm³/mol. The summed E-state index contributed by atoms with van der Waals surface area (Å²) in [5.41, 5.74) is 1.55. The second kappa shape index (κ2) is 8.91. The predicted octanol–water partition coefficient (Wildman–Crippen LogP) is 1.74. The van der Waals surface area contributed by atoms with E-state index in [1.807, 2.05) is 0 Å². The molecule has 1 amide bonds. The van der Waals surface area contributed by atoms with Crippen molar-refractivity contribution in [3.05, 3.63) is 59.7 Å². The molecule has 3 N–H and O–H groups in total. The summed E-state index contributed by atoms with van der Waals surface area (Å²) in [4.78, 5) is 12.4. The van der Waals surface area contributed by atoms with E-state index in [1.165, 1.54) is 31.4 Å². The molecule has 26 heavy (non-hydrogen) atoms. The Morgan fingerprint density at radius 3 is 2.50 bits per heavy atom. The van der Waals surface area contributed by atoms with Crippen LogP contribution in [0.5, 0.6) is 0 Å². The molecule has 140 valence electrons. The molecule has 2 rings (SSSR count). The van der Waals surface area contributed by atoms with Gasteiger partial charge >= 0.3 is 0 Å². The first kappa shape index (κ1) is 20.1. The van der Waals surface area contributed by atoms with E-state index in [0.717, 1.165) is 0 Å². The molecule has 2 aromatic rings. The van der Waals surface area contributed by atoms with E-state index in [4.69, 9.17) is 9.84 Å². The fraction of sp³-hybridized carbons (Fsp3) is 0.278. The van der Waals surface area contributed by atoms with Crippen molar-refractivity contribution in [2.75, 3.05) is 19.0 Å². The van der Waals surface area contributed by atoms with Crippen LogP contribution in [0.3, 0.4) is 0 Å². The minimum Gasteiger partial charge on any atom is -0.392 e. The standard InChI is InChI=1S/C18H22N2O5S/c1-13(12-25-2)20-26(23,24)17-8-6-15(7-9-17)18(22)19-16-5-3-4-14(10-16)11-21/h3-10,13,20-21H,11-12H2,1-2H3,(H,19,22)/t13-/m1/s1. The summed E-state index contributed by atoms with van der Waals surface area (Å²) in [5, 5.41) is 11.8. The third-order valence-electron chi connectivity index (χ3n) is 3.57. The maximum absolute atomic E-state index is 12.3. The van der Waals surface area contributed by atoms with Gasteiger partial charge in [-0.25, -0.2) is 13.1 Å². The molecule has 0 aliphatic heterocycles. The first-order chi connectivity index (χ1) is 12.4. The molecule has 0 aliphatic rings. The average Bonchev–Trinajstić information content (AvgIpc) is 2.61. The summed E-state index contributed by atoms with van der Waals surface area (Å²) >= 11 is 0. The van der Waals surface area contributed by atoms with Gasteiger partial charge in [0.05, 0.1) is 18.1 Å². The van der Waals surface area contributed by atoms with Crippen molar-refractivity contribution in [1.29, 1.82) is 0 Å². The molecule has 0 aliphatic carbocycles. The first-order valence-corrected chi connectivity index (χ1v) is 9.46. The number of sulfonamides is 1. The van der Waals surface area contributed by atoms with Crippen molar-refractivity contribution in [3.8, 4) is 0 Å². The van der Waals surface area contributed by atoms with Gasteiger partial charge in [0.1, 0.15) is 0 Å². The van der Waals surface area contributed by atoms with Gasteiger partial charge in [0, 0.05) is 24.4 Å². The summed E-state index contributed by atoms with van der Waals surface area (Å²) in [6, 6.07) is 12.1. The van der Waals surface area contributed by atoms with Crippen LogP contribution < -0.4 is 10.0 Å². The van der Waals surface area contributed by atoms with E-state index < -0.39 is 10.0 Å². The van der Waals surface area contributed by atoms with Gasteiger partial charge < -0.3 is 15.2 Å². The van der Waals surface area contributed by atoms with Crippen molar-refractivity contribution in [2.45, 2.75) is 24.5 Å². The van der Waals surface area contributed by atoms with E-state index in [1.54, 1.807) is 31.2 Å². The number of rotatable bonds is 8. The molecule has 0 saturated heterocycles. The molecule has 0 unspecified atom stereocenters. The van der Waals surface area contributed by atoms with E-state index >= 15 is 0 Å². The lowest BCUT2D eigenvalue weighted by atomic mass is 10.2. The fourth-order valence-corrected chi connectivity index (χ4v) is 3.58. The van der Waals surface area contributed by atoms with Crippen LogP contribution in [0.4, 0.5) is 5.69 Å². The molecule has 0 heterocycles. The molecule has 1 atom stereocenters. The molecule has 0 fully saturated rings. The molecule has 0 aromatic heterocycles. The molecule has 8 heteroatoms. The summed E-state index contributed by atoms with van der Waals surface area (Å²) in [7, 11) is -2.19. The lowest BCUT2D eigenvalue weighted by Gasteiger charge is -2.13. The highest BCUT2D eigenvalue weighted by atomic mass is 32.2. The molecule has 7 nitrogen and oxygen atoms in total. The SMILES string of the molecule is COC[C@@H](C)NS(=O)(=O)c1ccc(C(=O)Nc2cccc(CO)c2)cc1. The van der Waals surface area contributed by atoms with Gasteiger partial charge in [-0.3, -0.25) is 4.79 Å². The van der Waals surface area contributed by atoms with Crippen molar-refractivity contribution in [3.63, 3.8) is 0 Å². The van der Waals surface area contributed by atoms with Crippen LogP contribution in [0.2, 0.25) is 0 Å². The van der Waals surface area contributed by atoms with Crippen LogP contribution in [-0.4, -0.2) is 39.2 Å². The number of anilines is 1. The van der Waals surface area contributed by atoms with Gasteiger partial charge in [0.2, 0.25) is 10.0 Å². The van der Waals surface area contributed by atoms with E-state index in [9.17, 15) is 13.2 Å². The Morgan fingerprint density at radius 1 is 1.19 bits per heavy atom. The van der Waals surface area contributed by atoms with Crippen LogP contribution in [0, 0.1) is 0 Å². The number of ether oxygens (including phenoxy) is 1. The minimum atomic E-state index is -3.68. The minimum absolute atomic E-state index is 0.0688. The lowest BCUT2D eigenvalue weighted by molar-refractivity contribution is 0.102. The second-order valence-electron chi connectivity index (χ2n) is 5.81. The molecular weight excluding hydrogens is 356 g/mol. The van der Waals surface area contributed by atoms with Gasteiger partial charge in [-0.05, 0) is 48.9 Å². The first-order valence-electron chi connectivity index (χ1n) is 7.98. The molecule has 0 saturated carbocycles. The molecule has 0 spiro atoms. The van der Waals surface area contributed by atoms with Gasteiger partial charge in [-0.1, -0.05) is 12.1 Å². The Balaban J connectivity index is 2.09. The van der Waals surface area contributed by atoms with Gasteiger partial charge in [-0.2, -0.15) is 0 Å². The van der Waals surface area contributed by atoms with Gasteiger partial charge in [0.25, 0.3) is 5.91 Å². The number of hydrogen-bond donors (Lipinski definition) is 3. The van der Waals surface area contributed by atoms with Crippen molar-refractivity contribution in [2.24, 2.45) is 0 Å². The zero-order chi connectivity index (χ0) is 19.2. The van der Waals surface area contributed by atoms with E-state index in [-0.39, 0.29) is 30.1 Å². The van der Waals surface area contributed by atoms with Crippen LogP contribution in [0.25, 0.3) is 0 Å². The second-order valence-corrected chi connectivity index (χ2v) is 7.53. The van der Waals surface area contributed by atoms with Crippen LogP contribution in [0.15, 0.2) is 53.4 Å². The smallest absolute Gasteiger partial charge is 0.255 e. The largest absolute Gasteiger partial charge is 0.392 e. The molecule has 2 aromatic carbocycles. The monoisotopic (exact) mass is 378 g/mol. The number of carbonyl (C=O) groups is 1. The number of amides is 1. The quantitative estimate of drug-likeness (QED) is 0.649. The Morgan fingerprint density at radius 2 is 1.88 bits per heavy atom. The normalized spacial score (nSPS) is 12.6. The highest BCUT2D eigenvalue weighted by molar-refractivity contribution is 7.89. The Labute approximate surface area is 153 Å². The van der Waals surface area contributed by atoms with Crippen molar-refractivity contribution in [1.82, 2.24) is 4.72 Å². The molecule has 0 radical (unpaired) electrons. The maximum atomic E-state index is 12.3. The summed E-state index contributed by atoms with van der Waals surface area (Å²) in [6.07, 6.45) is 0. The third-order valence-corrected chi connectivity index (χ3v) is 5.17. The maximum Gasteiger partial charge on any atom is 0.255 e. The number of nitrogens with one attached hydrogen (secondary N) is 2. The van der Waals surface area contributed by atoms with Crippen LogP contribution in [-0.2, 0) is 21.4 Å². The highest BCUT2D eigenvalue weighted by Crippen LogP contribution is 2.15. The zero-order valence-electron chi connectivity index (χ0n) is 14.6. The number of carbonyl (C=O) groups excluding carboxylic acids is 1. The number of aliphatic hydroxyl groups is 1. The lowest BCUT2D eigenvalue weighted by Crippen LogP contribution is -2.35. The van der Waals surface area contributed by atoms with E-state index in [2.05, 4.69) is 10.0 Å². The number of hydrogen-bond acceptors (Lipinski definition) is 5. The highest BCUT2D eigenvalue weighted by Gasteiger charge is 2.18. The number of aliphatic hydroxyl groups excluding tert-OH is 1. The van der Waals surface area contributed by atoms with Crippen molar-refractivity contribution >= 4 is 21.6 Å². The summed E-state index contributed by atoms with van der Waals surface area (Å²) in [6.45, 7) is 1.83. The summed E-state index contributed by atoms with van der Waals surface area (Å²) < 4.78 is 31.9. The Bertz CT molecular complexity index is 850.